The van der Waals surface area contributed by atoms with Crippen LogP contribution in [0.1, 0.15) is 20.7 Å². The van der Waals surface area contributed by atoms with E-state index in [2.05, 4.69) is 15.0 Å². The first-order chi connectivity index (χ1) is 12.2. The van der Waals surface area contributed by atoms with E-state index in [0.717, 1.165) is 24.5 Å². The van der Waals surface area contributed by atoms with E-state index in [1.165, 1.54) is 7.11 Å². The Morgan fingerprint density at radius 3 is 2.32 bits per heavy atom. The number of morpholine rings is 1. The van der Waals surface area contributed by atoms with Crippen LogP contribution in [0.5, 0.6) is 0 Å². The van der Waals surface area contributed by atoms with Crippen molar-refractivity contribution in [1.82, 2.24) is 0 Å². The van der Waals surface area contributed by atoms with Crippen LogP contribution in [0.3, 0.4) is 0 Å². The van der Waals surface area contributed by atoms with Crippen LogP contribution < -0.4 is 10.2 Å². The lowest BCUT2D eigenvalue weighted by Gasteiger charge is -2.30. The van der Waals surface area contributed by atoms with Crippen LogP contribution in [-0.2, 0) is 9.47 Å². The number of para-hydroxylation sites is 2. The minimum absolute atomic E-state index is 0.225. The van der Waals surface area contributed by atoms with E-state index in [0.29, 0.717) is 24.3 Å². The Morgan fingerprint density at radius 1 is 1.00 bits per heavy atom. The maximum Gasteiger partial charge on any atom is 0.337 e. The summed E-state index contributed by atoms with van der Waals surface area (Å²) in [5.74, 6) is -0.651. The summed E-state index contributed by atoms with van der Waals surface area (Å²) in [5, 5.41) is 2.95. The number of carbonyl (C=O) groups is 2. The van der Waals surface area contributed by atoms with E-state index in [4.69, 9.17) is 4.74 Å². The molecule has 0 saturated carbocycles. The van der Waals surface area contributed by atoms with Gasteiger partial charge in [0.15, 0.2) is 0 Å². The summed E-state index contributed by atoms with van der Waals surface area (Å²) >= 11 is 0. The Hall–Kier alpha value is -2.86. The van der Waals surface area contributed by atoms with Crippen LogP contribution in [0, 0.1) is 0 Å². The van der Waals surface area contributed by atoms with Gasteiger partial charge in [0.25, 0.3) is 5.91 Å². The molecule has 0 radical (unpaired) electrons. The van der Waals surface area contributed by atoms with Crippen molar-refractivity contribution in [3.8, 4) is 0 Å². The van der Waals surface area contributed by atoms with E-state index in [-0.39, 0.29) is 5.91 Å². The third-order valence-electron chi connectivity index (χ3n) is 4.07. The molecule has 0 aromatic heterocycles. The lowest BCUT2D eigenvalue weighted by molar-refractivity contribution is 0.0600. The Kier molecular flexibility index (Phi) is 5.30. The molecule has 130 valence electrons. The van der Waals surface area contributed by atoms with Crippen molar-refractivity contribution >= 4 is 23.3 Å². The lowest BCUT2D eigenvalue weighted by atomic mass is 10.1. The fourth-order valence-corrected chi connectivity index (χ4v) is 2.73. The van der Waals surface area contributed by atoms with Crippen molar-refractivity contribution in [3.63, 3.8) is 0 Å². The topological polar surface area (TPSA) is 67.9 Å². The van der Waals surface area contributed by atoms with Gasteiger partial charge in [0.05, 0.1) is 37.3 Å². The second-order valence-corrected chi connectivity index (χ2v) is 5.64. The van der Waals surface area contributed by atoms with Crippen LogP contribution in [0.2, 0.25) is 0 Å². The fraction of sp³-hybridized carbons (Fsp3) is 0.263. The molecule has 25 heavy (non-hydrogen) atoms. The van der Waals surface area contributed by atoms with E-state index < -0.39 is 5.97 Å². The number of hydrogen-bond acceptors (Lipinski definition) is 5. The van der Waals surface area contributed by atoms with E-state index >= 15 is 0 Å². The average Bonchev–Trinajstić information content (AvgIpc) is 2.68. The molecule has 1 saturated heterocycles. The molecule has 0 atom stereocenters. The van der Waals surface area contributed by atoms with E-state index in [9.17, 15) is 9.59 Å². The van der Waals surface area contributed by atoms with Gasteiger partial charge in [-0.3, -0.25) is 4.79 Å². The Balaban J connectivity index is 1.76. The van der Waals surface area contributed by atoms with Crippen LogP contribution in [0.15, 0.2) is 48.5 Å². The number of rotatable bonds is 4. The zero-order valence-electron chi connectivity index (χ0n) is 14.0. The molecule has 1 aliphatic heterocycles. The fourth-order valence-electron chi connectivity index (χ4n) is 2.73. The van der Waals surface area contributed by atoms with Crippen LogP contribution >= 0.6 is 0 Å². The highest BCUT2D eigenvalue weighted by Crippen LogP contribution is 2.26. The number of nitrogens with one attached hydrogen (secondary N) is 1. The van der Waals surface area contributed by atoms with Gasteiger partial charge >= 0.3 is 5.97 Å². The first-order valence-corrected chi connectivity index (χ1v) is 8.10. The maximum atomic E-state index is 12.5. The number of ether oxygens (including phenoxy) is 2. The van der Waals surface area contributed by atoms with Crippen LogP contribution in [-0.4, -0.2) is 45.3 Å². The molecule has 1 aliphatic rings. The van der Waals surface area contributed by atoms with Gasteiger partial charge < -0.3 is 19.7 Å². The van der Waals surface area contributed by atoms with Crippen molar-refractivity contribution < 1.29 is 19.1 Å². The lowest BCUT2D eigenvalue weighted by Crippen LogP contribution is -2.36. The zero-order valence-corrected chi connectivity index (χ0v) is 14.0. The largest absolute Gasteiger partial charge is 0.465 e. The van der Waals surface area contributed by atoms with Crippen molar-refractivity contribution in [2.24, 2.45) is 0 Å². The molecule has 0 unspecified atom stereocenters. The first kappa shape index (κ1) is 17.0. The molecule has 0 aliphatic carbocycles. The van der Waals surface area contributed by atoms with Gasteiger partial charge in [-0.15, -0.1) is 0 Å². The molecule has 1 N–H and O–H groups in total. The number of nitrogens with zero attached hydrogens (tertiary/aromatic N) is 1. The Morgan fingerprint density at radius 2 is 1.64 bits per heavy atom. The number of esters is 1. The first-order valence-electron chi connectivity index (χ1n) is 8.10. The van der Waals surface area contributed by atoms with Gasteiger partial charge in [0.1, 0.15) is 0 Å². The normalized spacial score (nSPS) is 14.0. The average molecular weight is 340 g/mol. The second kappa shape index (κ2) is 7.81. The SMILES string of the molecule is COC(=O)c1ccc(C(=O)Nc2ccccc2N2CCOCC2)cc1. The van der Waals surface area contributed by atoms with Gasteiger partial charge in [-0.2, -0.15) is 0 Å². The predicted octanol–water partition coefficient (Wildman–Crippen LogP) is 2.56. The summed E-state index contributed by atoms with van der Waals surface area (Å²) in [6.45, 7) is 2.94. The number of carbonyl (C=O) groups excluding carboxylic acids is 2. The number of benzene rings is 2. The maximum absolute atomic E-state index is 12.5. The molecule has 0 spiro atoms. The predicted molar refractivity (Wildman–Crippen MR) is 95.2 cm³/mol. The third kappa shape index (κ3) is 3.97. The number of hydrogen-bond donors (Lipinski definition) is 1. The Bertz CT molecular complexity index is 752. The zero-order chi connectivity index (χ0) is 17.6. The molecule has 1 heterocycles. The molecular formula is C19H20N2O4. The smallest absolute Gasteiger partial charge is 0.337 e. The third-order valence-corrected chi connectivity index (χ3v) is 4.07. The van der Waals surface area contributed by atoms with Gasteiger partial charge in [-0.1, -0.05) is 12.1 Å². The van der Waals surface area contributed by atoms with Crippen molar-refractivity contribution in [3.05, 3.63) is 59.7 Å². The van der Waals surface area contributed by atoms with Crippen LogP contribution in [0.4, 0.5) is 11.4 Å². The van der Waals surface area contributed by atoms with Crippen LogP contribution in [0.25, 0.3) is 0 Å². The summed E-state index contributed by atoms with van der Waals surface area (Å²) in [5.41, 5.74) is 2.62. The molecule has 6 heteroatoms. The number of anilines is 2. The molecule has 3 rings (SSSR count). The number of methoxy groups -OCH3 is 1. The molecule has 6 nitrogen and oxygen atoms in total. The van der Waals surface area contributed by atoms with Gasteiger partial charge in [-0.25, -0.2) is 4.79 Å². The Labute approximate surface area is 146 Å². The van der Waals surface area contributed by atoms with E-state index in [1.807, 2.05) is 24.3 Å². The molecule has 1 amide bonds. The summed E-state index contributed by atoms with van der Waals surface area (Å²) in [6, 6.07) is 14.1. The molecule has 0 bridgehead atoms. The van der Waals surface area contributed by atoms with Crippen molar-refractivity contribution in [2.75, 3.05) is 43.6 Å². The molecule has 2 aromatic rings. The van der Waals surface area contributed by atoms with E-state index in [1.54, 1.807) is 24.3 Å². The summed E-state index contributed by atoms with van der Waals surface area (Å²) in [7, 11) is 1.32. The van der Waals surface area contributed by atoms with Gasteiger partial charge in [-0.05, 0) is 36.4 Å². The minimum Gasteiger partial charge on any atom is -0.465 e. The van der Waals surface area contributed by atoms with Crippen molar-refractivity contribution in [2.45, 2.75) is 0 Å². The molecule has 2 aromatic carbocycles. The minimum atomic E-state index is -0.426. The summed E-state index contributed by atoms with van der Waals surface area (Å²) in [6.07, 6.45) is 0. The molecular weight excluding hydrogens is 320 g/mol. The standard InChI is InChI=1S/C19H20N2O4/c1-24-19(23)15-8-6-14(7-9-15)18(22)20-16-4-2-3-5-17(16)21-10-12-25-13-11-21/h2-9H,10-13H2,1H3,(H,20,22). The van der Waals surface area contributed by atoms with Gasteiger partial charge in [0, 0.05) is 18.7 Å². The second-order valence-electron chi connectivity index (χ2n) is 5.64. The van der Waals surface area contributed by atoms with Crippen molar-refractivity contribution in [1.29, 1.82) is 0 Å². The van der Waals surface area contributed by atoms with Gasteiger partial charge in [0.2, 0.25) is 0 Å². The highest BCUT2D eigenvalue weighted by molar-refractivity contribution is 6.06. The summed E-state index contributed by atoms with van der Waals surface area (Å²) < 4.78 is 10.0. The monoisotopic (exact) mass is 340 g/mol. The molecule has 1 fully saturated rings. The number of amides is 1. The highest BCUT2D eigenvalue weighted by Gasteiger charge is 2.16. The highest BCUT2D eigenvalue weighted by atomic mass is 16.5. The quantitative estimate of drug-likeness (QED) is 0.867. The summed E-state index contributed by atoms with van der Waals surface area (Å²) in [4.78, 5) is 26.2.